The van der Waals surface area contributed by atoms with E-state index in [1.807, 2.05) is 6.92 Å². The van der Waals surface area contributed by atoms with Crippen molar-refractivity contribution in [2.24, 2.45) is 0 Å². The highest BCUT2D eigenvalue weighted by Crippen LogP contribution is 2.35. The highest BCUT2D eigenvalue weighted by molar-refractivity contribution is 6.39. The lowest BCUT2D eigenvalue weighted by Gasteiger charge is -2.28. The Labute approximate surface area is 206 Å². The van der Waals surface area contributed by atoms with Crippen molar-refractivity contribution in [3.8, 4) is 11.5 Å². The predicted octanol–water partition coefficient (Wildman–Crippen LogP) is 3.75. The van der Waals surface area contributed by atoms with Gasteiger partial charge in [0.15, 0.2) is 0 Å². The second-order valence-electron chi connectivity index (χ2n) is 8.01. The third kappa shape index (κ3) is 4.52. The van der Waals surface area contributed by atoms with Gasteiger partial charge in [-0.15, -0.1) is 0 Å². The molecule has 0 radical (unpaired) electrons. The summed E-state index contributed by atoms with van der Waals surface area (Å²) in [6.07, 6.45) is 3.06. The lowest BCUT2D eigenvalue weighted by atomic mass is 10.1. The number of rotatable bonds is 8. The SMILES string of the molecule is CCOc1ccc(N2C(=O)NC(=O)/C(=C\c3ccc4c(ccn4[C@H](C)C(=O)O)c3)C2=O)c(OCC)c1. The first-order valence-corrected chi connectivity index (χ1v) is 11.4. The van der Waals surface area contributed by atoms with Crippen molar-refractivity contribution < 1.29 is 33.8 Å². The van der Waals surface area contributed by atoms with E-state index in [9.17, 15) is 24.3 Å². The summed E-state index contributed by atoms with van der Waals surface area (Å²) in [5.74, 6) is -1.81. The molecular formula is C26H25N3O7. The van der Waals surface area contributed by atoms with Gasteiger partial charge >= 0.3 is 12.0 Å². The van der Waals surface area contributed by atoms with Crippen LogP contribution in [0.1, 0.15) is 32.4 Å². The van der Waals surface area contributed by atoms with E-state index < -0.39 is 29.9 Å². The number of carbonyl (C=O) groups is 4. The fourth-order valence-electron chi connectivity index (χ4n) is 3.98. The molecule has 10 heteroatoms. The Morgan fingerprint density at radius 2 is 1.81 bits per heavy atom. The van der Waals surface area contributed by atoms with Crippen LogP contribution >= 0.6 is 0 Å². The molecule has 0 saturated carbocycles. The molecule has 0 spiro atoms. The number of ether oxygens (including phenoxy) is 2. The van der Waals surface area contributed by atoms with Crippen molar-refractivity contribution in [2.45, 2.75) is 26.8 Å². The molecule has 2 aromatic carbocycles. The number of benzene rings is 2. The summed E-state index contributed by atoms with van der Waals surface area (Å²) in [7, 11) is 0. The van der Waals surface area contributed by atoms with Crippen molar-refractivity contribution in [1.29, 1.82) is 0 Å². The van der Waals surface area contributed by atoms with Crippen molar-refractivity contribution in [3.05, 3.63) is 59.8 Å². The van der Waals surface area contributed by atoms with Crippen LogP contribution in [0, 0.1) is 0 Å². The van der Waals surface area contributed by atoms with Crippen LogP contribution in [0.3, 0.4) is 0 Å². The molecule has 1 aliphatic rings. The van der Waals surface area contributed by atoms with Gasteiger partial charge in [-0.2, -0.15) is 0 Å². The molecule has 2 N–H and O–H groups in total. The lowest BCUT2D eigenvalue weighted by Crippen LogP contribution is -2.54. The van der Waals surface area contributed by atoms with Crippen molar-refractivity contribution >= 4 is 46.5 Å². The van der Waals surface area contributed by atoms with Gasteiger partial charge in [0, 0.05) is 23.2 Å². The molecule has 0 aliphatic carbocycles. The van der Waals surface area contributed by atoms with E-state index >= 15 is 0 Å². The number of urea groups is 1. The predicted molar refractivity (Wildman–Crippen MR) is 132 cm³/mol. The van der Waals surface area contributed by atoms with Crippen LogP contribution in [0.5, 0.6) is 11.5 Å². The summed E-state index contributed by atoms with van der Waals surface area (Å²) in [6, 6.07) is 9.95. The molecule has 4 amide bonds. The number of nitrogens with zero attached hydrogens (tertiary/aromatic N) is 2. The maximum atomic E-state index is 13.4. The molecular weight excluding hydrogens is 466 g/mol. The summed E-state index contributed by atoms with van der Waals surface area (Å²) in [6.45, 7) is 5.89. The Bertz CT molecular complexity index is 1410. The first kappa shape index (κ1) is 24.5. The summed E-state index contributed by atoms with van der Waals surface area (Å²) >= 11 is 0. The molecule has 3 aromatic rings. The molecule has 0 bridgehead atoms. The summed E-state index contributed by atoms with van der Waals surface area (Å²) in [5.41, 5.74) is 1.17. The Hall–Kier alpha value is -4.60. The van der Waals surface area contributed by atoms with Crippen LogP contribution in [0.2, 0.25) is 0 Å². The lowest BCUT2D eigenvalue weighted by molar-refractivity contribution is -0.140. The Morgan fingerprint density at radius 3 is 2.50 bits per heavy atom. The molecule has 36 heavy (non-hydrogen) atoms. The number of carboxylic acid groups (broad SMARTS) is 1. The zero-order valence-corrected chi connectivity index (χ0v) is 20.0. The summed E-state index contributed by atoms with van der Waals surface area (Å²) in [5, 5.41) is 12.3. The molecule has 1 atom stereocenters. The maximum absolute atomic E-state index is 13.4. The van der Waals surface area contributed by atoms with E-state index in [2.05, 4.69) is 5.32 Å². The van der Waals surface area contributed by atoms with Gasteiger partial charge in [-0.05, 0) is 62.7 Å². The van der Waals surface area contributed by atoms with Gasteiger partial charge in [-0.25, -0.2) is 14.5 Å². The topological polar surface area (TPSA) is 127 Å². The van der Waals surface area contributed by atoms with E-state index in [0.717, 1.165) is 10.3 Å². The standard InChI is InChI=1S/C26H25N3O7/c1-4-35-18-7-9-21(22(14-18)36-5-2)29-24(31)19(23(30)27-26(29)34)13-16-6-8-20-17(12-16)10-11-28(20)15(3)25(32)33/h6-15H,4-5H2,1-3H3,(H,32,33)(H,27,30,34)/b19-13+/t15-/m1/s1. The van der Waals surface area contributed by atoms with Crippen LogP contribution in [-0.4, -0.2) is 46.7 Å². The first-order chi connectivity index (χ1) is 17.2. The minimum atomic E-state index is -0.964. The highest BCUT2D eigenvalue weighted by atomic mass is 16.5. The van der Waals surface area contributed by atoms with Crippen molar-refractivity contribution in [3.63, 3.8) is 0 Å². The molecule has 1 aliphatic heterocycles. The number of barbiturate groups is 1. The summed E-state index contributed by atoms with van der Waals surface area (Å²) < 4.78 is 12.7. The first-order valence-electron chi connectivity index (χ1n) is 11.4. The van der Waals surface area contributed by atoms with Crippen molar-refractivity contribution in [1.82, 2.24) is 9.88 Å². The average Bonchev–Trinajstić information content (AvgIpc) is 3.26. The quantitative estimate of drug-likeness (QED) is 0.363. The van der Waals surface area contributed by atoms with Crippen LogP contribution in [0.25, 0.3) is 17.0 Å². The van der Waals surface area contributed by atoms with Gasteiger partial charge in [0.25, 0.3) is 11.8 Å². The zero-order chi connectivity index (χ0) is 26.0. The third-order valence-electron chi connectivity index (χ3n) is 5.71. The smallest absolute Gasteiger partial charge is 0.336 e. The number of aliphatic carboxylic acids is 1. The largest absolute Gasteiger partial charge is 0.494 e. The second-order valence-corrected chi connectivity index (χ2v) is 8.01. The van der Waals surface area contributed by atoms with Gasteiger partial charge in [0.2, 0.25) is 0 Å². The minimum Gasteiger partial charge on any atom is -0.494 e. The van der Waals surface area contributed by atoms with E-state index in [-0.39, 0.29) is 23.6 Å². The number of carboxylic acids is 1. The second kappa shape index (κ2) is 9.95. The number of nitrogens with one attached hydrogen (secondary N) is 1. The highest BCUT2D eigenvalue weighted by Gasteiger charge is 2.38. The molecule has 0 unspecified atom stereocenters. The van der Waals surface area contributed by atoms with E-state index in [1.54, 1.807) is 61.0 Å². The number of imide groups is 2. The fourth-order valence-corrected chi connectivity index (χ4v) is 3.98. The molecule has 186 valence electrons. The van der Waals surface area contributed by atoms with Gasteiger partial charge in [0.05, 0.1) is 18.9 Å². The zero-order valence-electron chi connectivity index (χ0n) is 20.0. The van der Waals surface area contributed by atoms with Crippen molar-refractivity contribution in [2.75, 3.05) is 18.1 Å². The number of amides is 4. The van der Waals surface area contributed by atoms with Crippen LogP contribution < -0.4 is 19.7 Å². The normalized spacial score (nSPS) is 15.8. The number of fused-ring (bicyclic) bond motifs is 1. The van der Waals surface area contributed by atoms with Crippen LogP contribution in [-0.2, 0) is 14.4 Å². The number of carbonyl (C=O) groups excluding carboxylic acids is 3. The van der Waals surface area contributed by atoms with Gasteiger partial charge < -0.3 is 19.1 Å². The number of hydrogen-bond donors (Lipinski definition) is 2. The van der Waals surface area contributed by atoms with Gasteiger partial charge in [0.1, 0.15) is 23.1 Å². The molecule has 1 fully saturated rings. The average molecular weight is 492 g/mol. The Kier molecular flexibility index (Phi) is 6.77. The molecule has 1 saturated heterocycles. The molecule has 2 heterocycles. The summed E-state index contributed by atoms with van der Waals surface area (Å²) in [4.78, 5) is 50.9. The molecule has 4 rings (SSSR count). The minimum absolute atomic E-state index is 0.177. The number of anilines is 1. The van der Waals surface area contributed by atoms with Crippen LogP contribution in [0.15, 0.2) is 54.2 Å². The van der Waals surface area contributed by atoms with E-state index in [4.69, 9.17) is 9.47 Å². The number of hydrogen-bond acceptors (Lipinski definition) is 6. The van der Waals surface area contributed by atoms with Crippen LogP contribution in [0.4, 0.5) is 10.5 Å². The van der Waals surface area contributed by atoms with Gasteiger partial charge in [-0.1, -0.05) is 6.07 Å². The maximum Gasteiger partial charge on any atom is 0.336 e. The monoisotopic (exact) mass is 491 g/mol. The van der Waals surface area contributed by atoms with E-state index in [0.29, 0.717) is 23.4 Å². The van der Waals surface area contributed by atoms with E-state index in [1.165, 1.54) is 12.1 Å². The molecule has 10 nitrogen and oxygen atoms in total. The fraction of sp³-hybridized carbons (Fsp3) is 0.231. The third-order valence-corrected chi connectivity index (χ3v) is 5.71. The molecule has 1 aromatic heterocycles. The van der Waals surface area contributed by atoms with Gasteiger partial charge in [-0.3, -0.25) is 14.9 Å². The Balaban J connectivity index is 1.72. The Morgan fingerprint density at radius 1 is 1.06 bits per heavy atom. The number of aromatic nitrogens is 1.